The second-order valence-corrected chi connectivity index (χ2v) is 6.79. The molecule has 0 radical (unpaired) electrons. The van der Waals surface area contributed by atoms with E-state index in [0.29, 0.717) is 18.9 Å². The van der Waals surface area contributed by atoms with E-state index in [9.17, 15) is 5.11 Å². The predicted molar refractivity (Wildman–Crippen MR) is 84.4 cm³/mol. The molecule has 0 spiro atoms. The van der Waals surface area contributed by atoms with Gasteiger partial charge in [-0.15, -0.1) is 0 Å². The molecule has 0 amide bonds. The maximum Gasteiger partial charge on any atom is 0.271 e. The van der Waals surface area contributed by atoms with Crippen LogP contribution < -0.4 is 0 Å². The van der Waals surface area contributed by atoms with Crippen LogP contribution in [0.1, 0.15) is 52.2 Å². The molecule has 22 heavy (non-hydrogen) atoms. The minimum atomic E-state index is -0.706. The maximum absolute atomic E-state index is 9.47. The van der Waals surface area contributed by atoms with Crippen LogP contribution in [-0.2, 0) is 20.9 Å². The van der Waals surface area contributed by atoms with Gasteiger partial charge in [0.2, 0.25) is 0 Å². The first kappa shape index (κ1) is 16.8. The van der Waals surface area contributed by atoms with Crippen molar-refractivity contribution in [2.24, 2.45) is 5.16 Å². The molecule has 0 saturated carbocycles. The van der Waals surface area contributed by atoms with Crippen molar-refractivity contribution >= 4 is 5.90 Å². The van der Waals surface area contributed by atoms with E-state index < -0.39 is 5.79 Å². The van der Waals surface area contributed by atoms with Crippen LogP contribution >= 0.6 is 0 Å². The van der Waals surface area contributed by atoms with Crippen LogP contribution in [0.25, 0.3) is 0 Å². The van der Waals surface area contributed by atoms with E-state index in [4.69, 9.17) is 14.3 Å². The molecule has 1 atom stereocenters. The van der Waals surface area contributed by atoms with Crippen LogP contribution in [0.4, 0.5) is 0 Å². The minimum absolute atomic E-state index is 0.358. The number of benzene rings is 1. The lowest BCUT2D eigenvalue weighted by Gasteiger charge is -2.26. The third-order valence-corrected chi connectivity index (χ3v) is 3.31. The molecule has 0 bridgehead atoms. The zero-order valence-corrected chi connectivity index (χ0v) is 13.9. The van der Waals surface area contributed by atoms with Gasteiger partial charge >= 0.3 is 0 Å². The molecule has 5 nitrogen and oxygen atoms in total. The SMILES string of the molecule is CC(O)CC(C)(C)OCc1ccc(C2=NOC(C)(C)O2)cc1. The number of ether oxygens (including phenoxy) is 2. The van der Waals surface area contributed by atoms with E-state index in [-0.39, 0.29) is 11.7 Å². The summed E-state index contributed by atoms with van der Waals surface area (Å²) in [6.45, 7) is 9.86. The Kier molecular flexibility index (Phi) is 4.78. The first-order chi connectivity index (χ1) is 10.2. The standard InChI is InChI=1S/C17H25NO4/c1-12(19)10-16(2,3)20-11-13-6-8-14(9-7-13)15-18-22-17(4,5)21-15/h6-9,12,19H,10-11H2,1-5H3. The molecule has 0 aliphatic carbocycles. The average Bonchev–Trinajstić information content (AvgIpc) is 2.76. The molecule has 2 rings (SSSR count). The van der Waals surface area contributed by atoms with Gasteiger partial charge in [0.15, 0.2) is 0 Å². The highest BCUT2D eigenvalue weighted by Gasteiger charge is 2.30. The molecule has 1 N–H and O–H groups in total. The van der Waals surface area contributed by atoms with Crippen LogP contribution in [0, 0.1) is 0 Å². The van der Waals surface area contributed by atoms with Crippen molar-refractivity contribution in [2.75, 3.05) is 0 Å². The average molecular weight is 307 g/mol. The normalized spacial score (nSPS) is 18.4. The summed E-state index contributed by atoms with van der Waals surface area (Å²) in [7, 11) is 0. The summed E-state index contributed by atoms with van der Waals surface area (Å²) >= 11 is 0. The number of hydrogen-bond acceptors (Lipinski definition) is 5. The molecule has 1 aromatic rings. The minimum Gasteiger partial charge on any atom is -0.431 e. The van der Waals surface area contributed by atoms with E-state index in [1.165, 1.54) is 0 Å². The fourth-order valence-electron chi connectivity index (χ4n) is 2.33. The maximum atomic E-state index is 9.47. The molecular weight excluding hydrogens is 282 g/mol. The lowest BCUT2D eigenvalue weighted by Crippen LogP contribution is -2.28. The molecule has 0 fully saturated rings. The monoisotopic (exact) mass is 307 g/mol. The Labute approximate surface area is 131 Å². The molecule has 0 saturated heterocycles. The van der Waals surface area contributed by atoms with E-state index in [1.807, 2.05) is 52.0 Å². The van der Waals surface area contributed by atoms with E-state index in [1.54, 1.807) is 6.92 Å². The van der Waals surface area contributed by atoms with Crippen LogP contribution in [0.5, 0.6) is 0 Å². The summed E-state index contributed by atoms with van der Waals surface area (Å²) in [5, 5.41) is 13.4. The van der Waals surface area contributed by atoms with E-state index in [2.05, 4.69) is 5.16 Å². The van der Waals surface area contributed by atoms with Crippen LogP contribution in [0.15, 0.2) is 29.4 Å². The van der Waals surface area contributed by atoms with Crippen molar-refractivity contribution < 1.29 is 19.4 Å². The lowest BCUT2D eigenvalue weighted by atomic mass is 10.0. The Morgan fingerprint density at radius 3 is 2.41 bits per heavy atom. The molecule has 1 unspecified atom stereocenters. The Hall–Kier alpha value is -1.59. The number of oxime groups is 1. The highest BCUT2D eigenvalue weighted by molar-refractivity contribution is 5.94. The van der Waals surface area contributed by atoms with Gasteiger partial charge in [-0.2, -0.15) is 0 Å². The van der Waals surface area contributed by atoms with Crippen molar-refractivity contribution in [3.63, 3.8) is 0 Å². The Bertz CT molecular complexity index is 532. The molecular formula is C17H25NO4. The van der Waals surface area contributed by atoms with Gasteiger partial charge in [0, 0.05) is 25.8 Å². The number of nitrogens with zero attached hydrogens (tertiary/aromatic N) is 1. The molecule has 1 aliphatic heterocycles. The largest absolute Gasteiger partial charge is 0.431 e. The first-order valence-electron chi connectivity index (χ1n) is 7.53. The summed E-state index contributed by atoms with van der Waals surface area (Å²) < 4.78 is 11.5. The molecule has 1 aromatic carbocycles. The third kappa shape index (κ3) is 4.71. The summed E-state index contributed by atoms with van der Waals surface area (Å²) in [5.74, 6) is -0.214. The van der Waals surface area contributed by atoms with Crippen molar-refractivity contribution in [1.82, 2.24) is 0 Å². The Morgan fingerprint density at radius 1 is 1.27 bits per heavy atom. The fraction of sp³-hybridized carbons (Fsp3) is 0.588. The van der Waals surface area contributed by atoms with E-state index in [0.717, 1.165) is 11.1 Å². The summed E-state index contributed by atoms with van der Waals surface area (Å²) in [6, 6.07) is 7.82. The van der Waals surface area contributed by atoms with Crippen LogP contribution in [0.2, 0.25) is 0 Å². The second kappa shape index (κ2) is 6.26. The quantitative estimate of drug-likeness (QED) is 0.876. The van der Waals surface area contributed by atoms with Gasteiger partial charge in [0.05, 0.1) is 18.3 Å². The zero-order chi connectivity index (χ0) is 16.4. The van der Waals surface area contributed by atoms with Gasteiger partial charge in [-0.1, -0.05) is 12.1 Å². The zero-order valence-electron chi connectivity index (χ0n) is 13.9. The topological polar surface area (TPSA) is 60.3 Å². The van der Waals surface area contributed by atoms with Crippen LogP contribution in [-0.4, -0.2) is 28.5 Å². The van der Waals surface area contributed by atoms with Gasteiger partial charge in [-0.05, 0) is 43.6 Å². The van der Waals surface area contributed by atoms with Crippen molar-refractivity contribution in [3.8, 4) is 0 Å². The molecule has 1 aliphatic rings. The fourth-order valence-corrected chi connectivity index (χ4v) is 2.33. The summed E-state index contributed by atoms with van der Waals surface area (Å²) in [4.78, 5) is 5.18. The summed E-state index contributed by atoms with van der Waals surface area (Å²) in [6.07, 6.45) is 0.223. The first-order valence-corrected chi connectivity index (χ1v) is 7.53. The molecule has 5 heteroatoms. The highest BCUT2D eigenvalue weighted by atomic mass is 16.8. The smallest absolute Gasteiger partial charge is 0.271 e. The van der Waals surface area contributed by atoms with Crippen molar-refractivity contribution in [2.45, 2.75) is 65.1 Å². The predicted octanol–water partition coefficient (Wildman–Crippen LogP) is 3.20. The Balaban J connectivity index is 1.93. The highest BCUT2D eigenvalue weighted by Crippen LogP contribution is 2.23. The van der Waals surface area contributed by atoms with Crippen LogP contribution in [0.3, 0.4) is 0 Å². The molecule has 0 aromatic heterocycles. The molecule has 1 heterocycles. The number of aliphatic hydroxyl groups is 1. The number of aliphatic hydroxyl groups excluding tert-OH is 1. The molecule has 122 valence electrons. The van der Waals surface area contributed by atoms with Gasteiger partial charge in [-0.3, -0.25) is 0 Å². The summed E-state index contributed by atoms with van der Waals surface area (Å²) in [5.41, 5.74) is 1.57. The third-order valence-electron chi connectivity index (χ3n) is 3.31. The van der Waals surface area contributed by atoms with Crippen molar-refractivity contribution in [3.05, 3.63) is 35.4 Å². The second-order valence-electron chi connectivity index (χ2n) is 6.79. The lowest BCUT2D eigenvalue weighted by molar-refractivity contribution is -0.128. The Morgan fingerprint density at radius 2 is 1.91 bits per heavy atom. The van der Waals surface area contributed by atoms with E-state index >= 15 is 0 Å². The van der Waals surface area contributed by atoms with Gasteiger partial charge in [0.25, 0.3) is 11.7 Å². The number of hydrogen-bond donors (Lipinski definition) is 1. The number of rotatable bonds is 6. The van der Waals surface area contributed by atoms with Gasteiger partial charge < -0.3 is 19.4 Å². The van der Waals surface area contributed by atoms with Gasteiger partial charge in [0.1, 0.15) is 0 Å². The van der Waals surface area contributed by atoms with Crippen molar-refractivity contribution in [1.29, 1.82) is 0 Å². The van der Waals surface area contributed by atoms with Gasteiger partial charge in [-0.25, -0.2) is 0 Å².